The number of hydrogen-bond acceptors (Lipinski definition) is 6. The summed E-state index contributed by atoms with van der Waals surface area (Å²) >= 11 is 0. The molecule has 0 aromatic heterocycles. The van der Waals surface area contributed by atoms with E-state index in [-0.39, 0.29) is 31.6 Å². The highest BCUT2D eigenvalue weighted by molar-refractivity contribution is 6.05. The summed E-state index contributed by atoms with van der Waals surface area (Å²) < 4.78 is 4.76. The first-order valence-electron chi connectivity index (χ1n) is 8.64. The molecule has 2 saturated heterocycles. The van der Waals surface area contributed by atoms with E-state index in [4.69, 9.17) is 4.74 Å². The minimum atomic E-state index is -1.41. The fourth-order valence-corrected chi connectivity index (χ4v) is 3.39. The Morgan fingerprint density at radius 1 is 1.19 bits per heavy atom. The quantitative estimate of drug-likeness (QED) is 0.590. The molecule has 1 aromatic rings. The molecule has 1 aromatic carbocycles. The van der Waals surface area contributed by atoms with Gasteiger partial charge in [-0.25, -0.2) is 4.79 Å². The molecule has 0 bridgehead atoms. The fraction of sp³-hybridized carbons (Fsp3) is 0.444. The van der Waals surface area contributed by atoms with Crippen LogP contribution in [0.2, 0.25) is 0 Å². The zero-order chi connectivity index (χ0) is 19.6. The van der Waals surface area contributed by atoms with E-state index in [1.807, 2.05) is 30.3 Å². The second kappa shape index (κ2) is 7.75. The summed E-state index contributed by atoms with van der Waals surface area (Å²) in [6.07, 6.45) is 0. The number of carboxylic acids is 1. The van der Waals surface area contributed by atoms with Gasteiger partial charge in [-0.1, -0.05) is 30.3 Å². The molecule has 0 N–H and O–H groups in total. The van der Waals surface area contributed by atoms with Crippen molar-refractivity contribution in [2.75, 3.05) is 32.8 Å². The zero-order valence-corrected chi connectivity index (χ0v) is 14.9. The molecule has 4 amide bonds. The van der Waals surface area contributed by atoms with Crippen molar-refractivity contribution in [2.45, 2.75) is 19.0 Å². The Morgan fingerprint density at radius 2 is 1.89 bits per heavy atom. The molecule has 2 aliphatic heterocycles. The average molecular weight is 374 g/mol. The van der Waals surface area contributed by atoms with E-state index in [0.717, 1.165) is 5.56 Å². The van der Waals surface area contributed by atoms with Crippen LogP contribution < -0.4 is 5.11 Å². The van der Waals surface area contributed by atoms with Crippen molar-refractivity contribution >= 4 is 23.8 Å². The van der Waals surface area contributed by atoms with Crippen LogP contribution in [0, 0.1) is 0 Å². The third-order valence-electron chi connectivity index (χ3n) is 4.82. The van der Waals surface area contributed by atoms with Crippen molar-refractivity contribution in [1.29, 1.82) is 0 Å². The third kappa shape index (κ3) is 3.77. The highest BCUT2D eigenvalue weighted by atomic mass is 16.5. The van der Waals surface area contributed by atoms with Crippen molar-refractivity contribution in [1.82, 2.24) is 14.7 Å². The molecule has 2 aliphatic rings. The minimum Gasteiger partial charge on any atom is -0.548 e. The number of carbonyl (C=O) groups excluding carboxylic acids is 4. The molecule has 0 unspecified atom stereocenters. The lowest BCUT2D eigenvalue weighted by Gasteiger charge is -2.35. The fourth-order valence-electron chi connectivity index (χ4n) is 3.39. The normalized spacial score (nSPS) is 20.6. The van der Waals surface area contributed by atoms with Gasteiger partial charge in [-0.2, -0.15) is 0 Å². The predicted molar refractivity (Wildman–Crippen MR) is 90.0 cm³/mol. The van der Waals surface area contributed by atoms with Crippen molar-refractivity contribution in [3.05, 3.63) is 35.9 Å². The van der Waals surface area contributed by atoms with Crippen LogP contribution in [0.3, 0.4) is 0 Å². The highest BCUT2D eigenvalue weighted by Crippen LogP contribution is 2.30. The summed E-state index contributed by atoms with van der Waals surface area (Å²) in [5, 5.41) is 10.3. The SMILES string of the molecule is C[C@@H](c1ccccc1)N1C(=O)[C@@H]2CN(C(=O)COCC(=O)[O-])CCN2C1=O. The lowest BCUT2D eigenvalue weighted by Crippen LogP contribution is -2.55. The Balaban J connectivity index is 1.67. The van der Waals surface area contributed by atoms with Crippen LogP contribution in [-0.2, 0) is 19.1 Å². The first-order valence-corrected chi connectivity index (χ1v) is 8.64. The third-order valence-corrected chi connectivity index (χ3v) is 4.82. The molecule has 2 heterocycles. The molecule has 0 spiro atoms. The molecule has 0 radical (unpaired) electrons. The smallest absolute Gasteiger partial charge is 0.328 e. The molecule has 2 fully saturated rings. The minimum absolute atomic E-state index is 0.0656. The predicted octanol–water partition coefficient (Wildman–Crippen LogP) is -1.01. The Labute approximate surface area is 156 Å². The Bertz CT molecular complexity index is 753. The first kappa shape index (κ1) is 18.8. The first-order chi connectivity index (χ1) is 12.9. The number of urea groups is 1. The number of benzene rings is 1. The van der Waals surface area contributed by atoms with Gasteiger partial charge in [0, 0.05) is 13.1 Å². The van der Waals surface area contributed by atoms with Gasteiger partial charge in [0.25, 0.3) is 5.91 Å². The van der Waals surface area contributed by atoms with Gasteiger partial charge >= 0.3 is 6.03 Å². The maximum Gasteiger partial charge on any atom is 0.328 e. The van der Waals surface area contributed by atoms with Crippen LogP contribution >= 0.6 is 0 Å². The maximum atomic E-state index is 12.8. The molecule has 0 saturated carbocycles. The van der Waals surface area contributed by atoms with Crippen LogP contribution in [0.1, 0.15) is 18.5 Å². The van der Waals surface area contributed by atoms with Crippen LogP contribution in [0.25, 0.3) is 0 Å². The number of aliphatic carboxylic acids is 1. The molecule has 27 heavy (non-hydrogen) atoms. The number of piperazine rings is 1. The summed E-state index contributed by atoms with van der Waals surface area (Å²) in [6, 6.07) is 7.75. The lowest BCUT2D eigenvalue weighted by molar-refractivity contribution is -0.309. The van der Waals surface area contributed by atoms with Gasteiger partial charge < -0.3 is 24.4 Å². The van der Waals surface area contributed by atoms with Crippen molar-refractivity contribution < 1.29 is 29.0 Å². The monoisotopic (exact) mass is 374 g/mol. The van der Waals surface area contributed by atoms with Gasteiger partial charge in [0.2, 0.25) is 5.91 Å². The number of rotatable bonds is 6. The Kier molecular flexibility index (Phi) is 5.41. The van der Waals surface area contributed by atoms with E-state index in [2.05, 4.69) is 0 Å². The van der Waals surface area contributed by atoms with E-state index >= 15 is 0 Å². The van der Waals surface area contributed by atoms with Crippen molar-refractivity contribution in [3.8, 4) is 0 Å². The molecular weight excluding hydrogens is 354 g/mol. The summed E-state index contributed by atoms with van der Waals surface area (Å²) in [6.45, 7) is 1.27. The van der Waals surface area contributed by atoms with E-state index < -0.39 is 37.2 Å². The number of imide groups is 1. The van der Waals surface area contributed by atoms with E-state index in [1.54, 1.807) is 6.92 Å². The highest BCUT2D eigenvalue weighted by Gasteiger charge is 2.50. The standard InChI is InChI=1S/C18H21N3O6/c1-12(13-5-3-2-4-6-13)21-17(25)14-9-19(7-8-20(14)18(21)26)15(22)10-27-11-16(23)24/h2-6,12,14H,7-11H2,1H3,(H,23,24)/p-1/t12-,14-/m0/s1. The summed E-state index contributed by atoms with van der Waals surface area (Å²) in [5.41, 5.74) is 0.850. The summed E-state index contributed by atoms with van der Waals surface area (Å²) in [4.78, 5) is 52.2. The van der Waals surface area contributed by atoms with Gasteiger partial charge in [-0.05, 0) is 12.5 Å². The average Bonchev–Trinajstić information content (AvgIpc) is 2.91. The zero-order valence-electron chi connectivity index (χ0n) is 14.9. The number of nitrogens with zero attached hydrogens (tertiary/aromatic N) is 3. The van der Waals surface area contributed by atoms with E-state index in [0.29, 0.717) is 0 Å². The Hall–Kier alpha value is -2.94. The van der Waals surface area contributed by atoms with Crippen LogP contribution in [-0.4, -0.2) is 77.4 Å². The van der Waals surface area contributed by atoms with Crippen LogP contribution in [0.4, 0.5) is 4.79 Å². The number of ether oxygens (including phenoxy) is 1. The van der Waals surface area contributed by atoms with Gasteiger partial charge in [-0.15, -0.1) is 0 Å². The summed E-state index contributed by atoms with van der Waals surface area (Å²) in [5.74, 6) is -2.18. The second-order valence-electron chi connectivity index (χ2n) is 6.49. The molecule has 2 atom stereocenters. The van der Waals surface area contributed by atoms with Crippen molar-refractivity contribution in [3.63, 3.8) is 0 Å². The Morgan fingerprint density at radius 3 is 2.56 bits per heavy atom. The molecule has 9 heteroatoms. The van der Waals surface area contributed by atoms with Gasteiger partial charge in [0.1, 0.15) is 12.6 Å². The molecule has 3 rings (SSSR count). The summed E-state index contributed by atoms with van der Waals surface area (Å²) in [7, 11) is 0. The number of fused-ring (bicyclic) bond motifs is 1. The number of amides is 4. The lowest BCUT2D eigenvalue weighted by atomic mass is 10.1. The van der Waals surface area contributed by atoms with Gasteiger partial charge in [0.05, 0.1) is 25.2 Å². The topological polar surface area (TPSA) is 110 Å². The molecule has 0 aliphatic carbocycles. The van der Waals surface area contributed by atoms with Gasteiger partial charge in [0.15, 0.2) is 0 Å². The van der Waals surface area contributed by atoms with Crippen molar-refractivity contribution in [2.24, 2.45) is 0 Å². The second-order valence-corrected chi connectivity index (χ2v) is 6.49. The van der Waals surface area contributed by atoms with Crippen LogP contribution in [0.5, 0.6) is 0 Å². The number of carboxylic acid groups (broad SMARTS) is 1. The molecule has 9 nitrogen and oxygen atoms in total. The molecule has 144 valence electrons. The van der Waals surface area contributed by atoms with Gasteiger partial charge in [-0.3, -0.25) is 14.5 Å². The largest absolute Gasteiger partial charge is 0.548 e. The maximum absolute atomic E-state index is 12.8. The van der Waals surface area contributed by atoms with Crippen LogP contribution in [0.15, 0.2) is 30.3 Å². The molecular formula is C18H20N3O6-. The number of hydrogen-bond donors (Lipinski definition) is 0. The van der Waals surface area contributed by atoms with E-state index in [9.17, 15) is 24.3 Å². The van der Waals surface area contributed by atoms with E-state index in [1.165, 1.54) is 14.7 Å². The number of carbonyl (C=O) groups is 4.